The van der Waals surface area contributed by atoms with Crippen molar-refractivity contribution in [3.8, 4) is 5.75 Å². The van der Waals surface area contributed by atoms with Gasteiger partial charge in [-0.2, -0.15) is 0 Å². The number of aryl methyl sites for hydroxylation is 2. The molecule has 3 rings (SSSR count). The molecule has 0 saturated carbocycles. The molecule has 0 bridgehead atoms. The molecule has 0 aromatic heterocycles. The van der Waals surface area contributed by atoms with Gasteiger partial charge in [0.05, 0.1) is 10.7 Å². The first-order valence-electron chi connectivity index (χ1n) is 10.7. The Labute approximate surface area is 227 Å². The number of aliphatic imine (C=N–C) groups is 2. The number of nitrogens with one attached hydrogen (secondary N) is 2. The fraction of sp³-hybridized carbons (Fsp3) is 0.154. The number of amidine groups is 1. The summed E-state index contributed by atoms with van der Waals surface area (Å²) >= 11 is 8.46. The molecule has 3 aromatic carbocycles. The number of nitrogens with two attached hydrogens (primary N) is 1. The van der Waals surface area contributed by atoms with E-state index in [1.807, 2.05) is 6.92 Å². The smallest absolute Gasteiger partial charge is 0.406 e. The summed E-state index contributed by atoms with van der Waals surface area (Å²) in [5, 5.41) is 10.3. The van der Waals surface area contributed by atoms with Gasteiger partial charge in [0.1, 0.15) is 17.9 Å². The van der Waals surface area contributed by atoms with Crippen molar-refractivity contribution in [2.24, 2.45) is 15.7 Å². The molecule has 194 valence electrons. The molecular formula is C26H25BrF3N5OS. The van der Waals surface area contributed by atoms with Crippen molar-refractivity contribution in [1.29, 1.82) is 5.41 Å². The monoisotopic (exact) mass is 591 g/mol. The van der Waals surface area contributed by atoms with Crippen molar-refractivity contribution in [1.82, 2.24) is 0 Å². The van der Waals surface area contributed by atoms with Crippen molar-refractivity contribution in [3.63, 3.8) is 0 Å². The van der Waals surface area contributed by atoms with Crippen molar-refractivity contribution in [2.45, 2.75) is 27.1 Å². The summed E-state index contributed by atoms with van der Waals surface area (Å²) in [6.07, 6.45) is -2.30. The van der Waals surface area contributed by atoms with E-state index in [-0.39, 0.29) is 11.6 Å². The van der Waals surface area contributed by atoms with Gasteiger partial charge in [-0.05, 0) is 73.9 Å². The summed E-state index contributed by atoms with van der Waals surface area (Å²) < 4.78 is 41.0. The molecule has 0 saturated heterocycles. The van der Waals surface area contributed by atoms with Crippen molar-refractivity contribution in [2.75, 3.05) is 5.32 Å². The third-order valence-corrected chi connectivity index (χ3v) is 5.21. The number of anilines is 1. The maximum atomic E-state index is 12.0. The highest BCUT2D eigenvalue weighted by Gasteiger charge is 2.30. The normalized spacial score (nSPS) is 11.5. The lowest BCUT2D eigenvalue weighted by Gasteiger charge is -2.11. The van der Waals surface area contributed by atoms with Crippen molar-refractivity contribution in [3.05, 3.63) is 87.4 Å². The predicted molar refractivity (Wildman–Crippen MR) is 152 cm³/mol. The number of hydrogen-bond acceptors (Lipinski definition) is 4. The molecule has 0 heterocycles. The Morgan fingerprint density at radius 3 is 2.11 bits per heavy atom. The van der Waals surface area contributed by atoms with Gasteiger partial charge < -0.3 is 21.2 Å². The molecule has 0 aliphatic heterocycles. The standard InChI is InChI=1S/C16H13F3N4O.C10H12BrNS/c17-16(18,19)24-14-7-5-13(6-8-14)22-10-23-15(21)12-3-1-11(9-20)2-4-12;1-6-4-9(11)5-7(2)10(6)12-8(3)13/h1-10,20H,(H2,21,22,23);4-5H,1-3H3,(H,12,13). The summed E-state index contributed by atoms with van der Waals surface area (Å²) in [6.45, 7) is 6.02. The van der Waals surface area contributed by atoms with Gasteiger partial charge in [-0.1, -0.05) is 52.4 Å². The number of benzene rings is 3. The van der Waals surface area contributed by atoms with Crippen LogP contribution in [-0.2, 0) is 0 Å². The van der Waals surface area contributed by atoms with Crippen LogP contribution < -0.4 is 15.8 Å². The molecule has 0 aliphatic rings. The SMILES string of the molecule is CC(=S)Nc1c(C)cc(Br)cc1C.N=Cc1ccc(C(N)=NC=Nc2ccc(OC(F)(F)F)cc2)cc1. The average Bonchev–Trinajstić information content (AvgIpc) is 2.82. The molecular weight excluding hydrogens is 567 g/mol. The highest BCUT2D eigenvalue weighted by Crippen LogP contribution is 2.26. The Morgan fingerprint density at radius 1 is 1.05 bits per heavy atom. The Bertz CT molecular complexity index is 1270. The molecule has 37 heavy (non-hydrogen) atoms. The van der Waals surface area contributed by atoms with Crippen LogP contribution in [0.3, 0.4) is 0 Å². The van der Waals surface area contributed by atoms with Crippen LogP contribution in [0.15, 0.2) is 75.1 Å². The molecule has 0 unspecified atom stereocenters. The van der Waals surface area contributed by atoms with Gasteiger partial charge in [0.2, 0.25) is 0 Å². The van der Waals surface area contributed by atoms with Gasteiger partial charge in [0, 0.05) is 21.9 Å². The summed E-state index contributed by atoms with van der Waals surface area (Å²) in [7, 11) is 0. The Kier molecular flexibility index (Phi) is 10.9. The van der Waals surface area contributed by atoms with E-state index in [9.17, 15) is 13.2 Å². The number of ether oxygens (including phenoxy) is 1. The minimum absolute atomic E-state index is 0.229. The summed E-state index contributed by atoms with van der Waals surface area (Å²) in [5.74, 6) is -0.0944. The second-order valence-corrected chi connectivity index (χ2v) is 9.19. The van der Waals surface area contributed by atoms with Crippen LogP contribution >= 0.6 is 28.1 Å². The number of rotatable bonds is 6. The quantitative estimate of drug-likeness (QED) is 0.157. The first-order chi connectivity index (χ1) is 17.4. The van der Waals surface area contributed by atoms with Gasteiger partial charge >= 0.3 is 6.36 Å². The lowest BCUT2D eigenvalue weighted by Crippen LogP contribution is -2.16. The molecule has 3 aromatic rings. The van der Waals surface area contributed by atoms with E-state index in [2.05, 4.69) is 61.9 Å². The topological polar surface area (TPSA) is 95.9 Å². The van der Waals surface area contributed by atoms with Gasteiger partial charge in [0.15, 0.2) is 0 Å². The first-order valence-corrected chi connectivity index (χ1v) is 11.9. The van der Waals surface area contributed by atoms with Gasteiger partial charge in [-0.25, -0.2) is 9.98 Å². The number of nitrogens with zero attached hydrogens (tertiary/aromatic N) is 2. The number of thiocarbonyl (C=S) groups is 1. The van der Waals surface area contributed by atoms with Gasteiger partial charge in [-0.3, -0.25) is 0 Å². The molecule has 6 nitrogen and oxygen atoms in total. The summed E-state index contributed by atoms with van der Waals surface area (Å²) in [6, 6.07) is 16.1. The van der Waals surface area contributed by atoms with E-state index in [4.69, 9.17) is 23.4 Å². The molecule has 0 amide bonds. The zero-order valence-corrected chi connectivity index (χ0v) is 22.6. The summed E-state index contributed by atoms with van der Waals surface area (Å²) in [4.78, 5) is 8.74. The van der Waals surface area contributed by atoms with E-state index in [1.54, 1.807) is 24.3 Å². The first kappa shape index (κ1) is 29.7. The highest BCUT2D eigenvalue weighted by molar-refractivity contribution is 9.10. The second-order valence-electron chi connectivity index (χ2n) is 7.66. The Morgan fingerprint density at radius 2 is 1.62 bits per heavy atom. The van der Waals surface area contributed by atoms with Crippen LogP contribution in [-0.4, -0.2) is 29.7 Å². The molecule has 11 heteroatoms. The largest absolute Gasteiger partial charge is 0.573 e. The van der Waals surface area contributed by atoms with Gasteiger partial charge in [0.25, 0.3) is 0 Å². The van der Waals surface area contributed by atoms with E-state index >= 15 is 0 Å². The molecule has 0 atom stereocenters. The molecule has 0 fully saturated rings. The van der Waals surface area contributed by atoms with Crippen molar-refractivity contribution < 1.29 is 17.9 Å². The highest BCUT2D eigenvalue weighted by atomic mass is 79.9. The number of halogens is 4. The third-order valence-electron chi connectivity index (χ3n) is 4.65. The van der Waals surface area contributed by atoms with Gasteiger partial charge in [-0.15, -0.1) is 13.2 Å². The predicted octanol–water partition coefficient (Wildman–Crippen LogP) is 7.47. The van der Waals surface area contributed by atoms with Crippen LogP contribution in [0.25, 0.3) is 0 Å². The maximum absolute atomic E-state index is 12.0. The average molecular weight is 592 g/mol. The van der Waals surface area contributed by atoms with E-state index < -0.39 is 6.36 Å². The van der Waals surface area contributed by atoms with Crippen LogP contribution in [0, 0.1) is 19.3 Å². The van der Waals surface area contributed by atoms with Crippen LogP contribution in [0.5, 0.6) is 5.75 Å². The fourth-order valence-electron chi connectivity index (χ4n) is 3.00. The second kappa shape index (κ2) is 13.7. The number of alkyl halides is 3. The minimum atomic E-state index is -4.73. The van der Waals surface area contributed by atoms with Crippen LogP contribution in [0.2, 0.25) is 0 Å². The minimum Gasteiger partial charge on any atom is -0.406 e. The number of hydrogen-bond donors (Lipinski definition) is 3. The molecule has 0 radical (unpaired) electrons. The lowest BCUT2D eigenvalue weighted by atomic mass is 10.1. The maximum Gasteiger partial charge on any atom is 0.573 e. The molecule has 0 spiro atoms. The molecule has 4 N–H and O–H groups in total. The van der Waals surface area contributed by atoms with E-state index in [1.165, 1.54) is 35.8 Å². The van der Waals surface area contributed by atoms with Crippen LogP contribution in [0.4, 0.5) is 24.5 Å². The van der Waals surface area contributed by atoms with Crippen molar-refractivity contribution >= 4 is 62.9 Å². The lowest BCUT2D eigenvalue weighted by molar-refractivity contribution is -0.274. The van der Waals surface area contributed by atoms with Crippen LogP contribution in [0.1, 0.15) is 29.2 Å². The van der Waals surface area contributed by atoms with E-state index in [0.29, 0.717) is 11.3 Å². The zero-order valence-electron chi connectivity index (χ0n) is 20.2. The Balaban J connectivity index is 0.000000312. The summed E-state index contributed by atoms with van der Waals surface area (Å²) in [5.41, 5.74) is 11.1. The Hall–Kier alpha value is -3.57. The zero-order chi connectivity index (χ0) is 27.6. The molecule has 0 aliphatic carbocycles. The van der Waals surface area contributed by atoms with E-state index in [0.717, 1.165) is 32.8 Å². The third kappa shape index (κ3) is 10.5. The fourth-order valence-corrected chi connectivity index (χ4v) is 3.79.